The van der Waals surface area contributed by atoms with Crippen LogP contribution in [-0.4, -0.2) is 4.98 Å². The maximum absolute atomic E-state index is 13.0. The molecule has 0 amide bonds. The number of nitrogens with zero attached hydrogens (tertiary/aromatic N) is 1. The van der Waals surface area contributed by atoms with E-state index in [-0.39, 0.29) is 0 Å². The van der Waals surface area contributed by atoms with Crippen molar-refractivity contribution in [3.8, 4) is 0 Å². The summed E-state index contributed by atoms with van der Waals surface area (Å²) in [6.07, 6.45) is 3.21. The number of pyridine rings is 1. The fourth-order valence-corrected chi connectivity index (χ4v) is 1.47. The van der Waals surface area contributed by atoms with Gasteiger partial charge in [0.25, 0.3) is 0 Å². The van der Waals surface area contributed by atoms with Gasteiger partial charge in [-0.3, -0.25) is 4.98 Å². The summed E-state index contributed by atoms with van der Waals surface area (Å²) in [7, 11) is 0. The lowest BCUT2D eigenvalue weighted by atomic mass is 10.0. The van der Waals surface area contributed by atoms with Crippen molar-refractivity contribution in [3.05, 3.63) is 65.5 Å². The Labute approximate surface area is 91.7 Å². The monoisotopic (exact) mass is 220 g/mol. The van der Waals surface area contributed by atoms with Crippen molar-refractivity contribution in [2.75, 3.05) is 0 Å². The molecular formula is C12H10F2N2. The van der Waals surface area contributed by atoms with Crippen LogP contribution < -0.4 is 5.73 Å². The van der Waals surface area contributed by atoms with Gasteiger partial charge in [-0.1, -0.05) is 6.07 Å². The van der Waals surface area contributed by atoms with Crippen molar-refractivity contribution in [2.24, 2.45) is 5.73 Å². The highest BCUT2D eigenvalue weighted by atomic mass is 19.2. The Morgan fingerprint density at radius 2 is 1.62 bits per heavy atom. The molecule has 82 valence electrons. The SMILES string of the molecule is NC(c1ccncc1)c1ccc(F)c(F)c1. The molecule has 2 aromatic rings. The minimum Gasteiger partial charge on any atom is -0.320 e. The Balaban J connectivity index is 2.34. The van der Waals surface area contributed by atoms with Crippen LogP contribution in [-0.2, 0) is 0 Å². The average molecular weight is 220 g/mol. The van der Waals surface area contributed by atoms with Crippen LogP contribution >= 0.6 is 0 Å². The lowest BCUT2D eigenvalue weighted by molar-refractivity contribution is 0.506. The van der Waals surface area contributed by atoms with Gasteiger partial charge in [0.2, 0.25) is 0 Å². The normalized spacial score (nSPS) is 12.4. The fraction of sp³-hybridized carbons (Fsp3) is 0.0833. The zero-order valence-electron chi connectivity index (χ0n) is 8.40. The van der Waals surface area contributed by atoms with E-state index < -0.39 is 17.7 Å². The number of aromatic nitrogens is 1. The van der Waals surface area contributed by atoms with Gasteiger partial charge < -0.3 is 5.73 Å². The highest BCUT2D eigenvalue weighted by molar-refractivity contribution is 5.30. The predicted octanol–water partition coefficient (Wildman–Crippen LogP) is 2.41. The molecule has 0 saturated heterocycles. The Hall–Kier alpha value is -1.81. The van der Waals surface area contributed by atoms with Crippen molar-refractivity contribution in [3.63, 3.8) is 0 Å². The molecule has 1 unspecified atom stereocenters. The Morgan fingerprint density at radius 1 is 0.938 bits per heavy atom. The molecular weight excluding hydrogens is 210 g/mol. The van der Waals surface area contributed by atoms with Crippen LogP contribution in [0.3, 0.4) is 0 Å². The quantitative estimate of drug-likeness (QED) is 0.844. The van der Waals surface area contributed by atoms with Crippen molar-refractivity contribution in [1.82, 2.24) is 4.98 Å². The van der Waals surface area contributed by atoms with Gasteiger partial charge in [-0.15, -0.1) is 0 Å². The van der Waals surface area contributed by atoms with Crippen LogP contribution in [0.25, 0.3) is 0 Å². The second-order valence-corrected chi connectivity index (χ2v) is 3.43. The number of hydrogen-bond acceptors (Lipinski definition) is 2. The van der Waals surface area contributed by atoms with Crippen LogP contribution in [0.5, 0.6) is 0 Å². The third kappa shape index (κ3) is 2.06. The Morgan fingerprint density at radius 3 is 2.25 bits per heavy atom. The summed E-state index contributed by atoms with van der Waals surface area (Å²) in [4.78, 5) is 3.86. The molecule has 0 spiro atoms. The van der Waals surface area contributed by atoms with Gasteiger partial charge in [0, 0.05) is 12.4 Å². The summed E-state index contributed by atoms with van der Waals surface area (Å²) in [6, 6.07) is 6.67. The van der Waals surface area contributed by atoms with E-state index in [1.165, 1.54) is 6.07 Å². The standard InChI is InChI=1S/C12H10F2N2/c13-10-2-1-9(7-11(10)14)12(15)8-3-5-16-6-4-8/h1-7,12H,15H2. The topological polar surface area (TPSA) is 38.9 Å². The summed E-state index contributed by atoms with van der Waals surface area (Å²) in [5, 5.41) is 0. The van der Waals surface area contributed by atoms with Crippen molar-refractivity contribution >= 4 is 0 Å². The lowest BCUT2D eigenvalue weighted by Crippen LogP contribution is -2.12. The molecule has 0 radical (unpaired) electrons. The van der Waals surface area contributed by atoms with E-state index in [4.69, 9.17) is 5.73 Å². The fourth-order valence-electron chi connectivity index (χ4n) is 1.47. The highest BCUT2D eigenvalue weighted by Gasteiger charge is 2.11. The zero-order valence-corrected chi connectivity index (χ0v) is 8.40. The molecule has 0 saturated carbocycles. The summed E-state index contributed by atoms with van der Waals surface area (Å²) >= 11 is 0. The van der Waals surface area contributed by atoms with E-state index in [0.717, 1.165) is 17.7 Å². The number of benzene rings is 1. The predicted molar refractivity (Wildman–Crippen MR) is 56.6 cm³/mol. The summed E-state index contributed by atoms with van der Waals surface area (Å²) < 4.78 is 25.8. The van der Waals surface area contributed by atoms with Crippen molar-refractivity contribution in [1.29, 1.82) is 0 Å². The lowest BCUT2D eigenvalue weighted by Gasteiger charge is -2.12. The van der Waals surface area contributed by atoms with E-state index in [1.54, 1.807) is 24.5 Å². The van der Waals surface area contributed by atoms with E-state index >= 15 is 0 Å². The molecule has 0 bridgehead atoms. The first kappa shape index (κ1) is 10.7. The average Bonchev–Trinajstić information content (AvgIpc) is 2.33. The van der Waals surface area contributed by atoms with Gasteiger partial charge >= 0.3 is 0 Å². The van der Waals surface area contributed by atoms with Gasteiger partial charge in [-0.2, -0.15) is 0 Å². The first-order valence-electron chi connectivity index (χ1n) is 4.79. The molecule has 2 N–H and O–H groups in total. The molecule has 4 heteroatoms. The largest absolute Gasteiger partial charge is 0.320 e. The van der Waals surface area contributed by atoms with Gasteiger partial charge in [0.15, 0.2) is 11.6 Å². The minimum absolute atomic E-state index is 0.474. The molecule has 2 nitrogen and oxygen atoms in total. The molecule has 0 aliphatic rings. The molecule has 2 rings (SSSR count). The minimum atomic E-state index is -0.887. The van der Waals surface area contributed by atoms with E-state index in [2.05, 4.69) is 4.98 Å². The van der Waals surface area contributed by atoms with Gasteiger partial charge in [-0.05, 0) is 35.4 Å². The van der Waals surface area contributed by atoms with Gasteiger partial charge in [0.1, 0.15) is 0 Å². The number of hydrogen-bond donors (Lipinski definition) is 1. The third-order valence-electron chi connectivity index (χ3n) is 2.37. The first-order chi connectivity index (χ1) is 7.68. The molecule has 0 fully saturated rings. The molecule has 0 aliphatic heterocycles. The van der Waals surface area contributed by atoms with Crippen LogP contribution in [0.1, 0.15) is 17.2 Å². The van der Waals surface area contributed by atoms with Crippen LogP contribution in [0, 0.1) is 11.6 Å². The molecule has 1 atom stereocenters. The summed E-state index contributed by atoms with van der Waals surface area (Å²) in [5.41, 5.74) is 7.26. The Bertz CT molecular complexity index is 486. The Kier molecular flexibility index (Phi) is 2.92. The summed E-state index contributed by atoms with van der Waals surface area (Å²) in [5.74, 6) is -1.76. The maximum atomic E-state index is 13.0. The van der Waals surface area contributed by atoms with E-state index in [1.807, 2.05) is 0 Å². The van der Waals surface area contributed by atoms with Crippen LogP contribution in [0.2, 0.25) is 0 Å². The zero-order chi connectivity index (χ0) is 11.5. The maximum Gasteiger partial charge on any atom is 0.159 e. The number of halogens is 2. The molecule has 1 aromatic heterocycles. The van der Waals surface area contributed by atoms with Gasteiger partial charge in [-0.25, -0.2) is 8.78 Å². The third-order valence-corrected chi connectivity index (χ3v) is 2.37. The molecule has 16 heavy (non-hydrogen) atoms. The number of nitrogens with two attached hydrogens (primary N) is 1. The van der Waals surface area contributed by atoms with Crippen molar-refractivity contribution in [2.45, 2.75) is 6.04 Å². The molecule has 0 aliphatic carbocycles. The van der Waals surface area contributed by atoms with Gasteiger partial charge in [0.05, 0.1) is 6.04 Å². The highest BCUT2D eigenvalue weighted by Crippen LogP contribution is 2.20. The van der Waals surface area contributed by atoms with E-state index in [9.17, 15) is 8.78 Å². The van der Waals surface area contributed by atoms with Crippen LogP contribution in [0.4, 0.5) is 8.78 Å². The molecule has 1 heterocycles. The summed E-state index contributed by atoms with van der Waals surface area (Å²) in [6.45, 7) is 0. The van der Waals surface area contributed by atoms with Crippen LogP contribution in [0.15, 0.2) is 42.7 Å². The number of rotatable bonds is 2. The second kappa shape index (κ2) is 4.37. The molecule has 1 aromatic carbocycles. The first-order valence-corrected chi connectivity index (χ1v) is 4.79. The van der Waals surface area contributed by atoms with Crippen molar-refractivity contribution < 1.29 is 8.78 Å². The van der Waals surface area contributed by atoms with E-state index in [0.29, 0.717) is 5.56 Å². The smallest absolute Gasteiger partial charge is 0.159 e. The second-order valence-electron chi connectivity index (χ2n) is 3.43.